The lowest BCUT2D eigenvalue weighted by molar-refractivity contribution is -0.0517. The monoisotopic (exact) mass is 365 g/mol. The lowest BCUT2D eigenvalue weighted by atomic mass is 10.1. The molecule has 1 aromatic rings. The van der Waals surface area contributed by atoms with E-state index in [0.717, 1.165) is 12.1 Å². The molecular weight excluding hydrogens is 353 g/mol. The van der Waals surface area contributed by atoms with E-state index in [0.29, 0.717) is 0 Å². The minimum Gasteiger partial charge on any atom is -0.741 e. The molecule has 0 saturated carbocycles. The number of halogens is 5. The van der Waals surface area contributed by atoms with Crippen molar-refractivity contribution in [3.63, 3.8) is 0 Å². The maximum absolute atomic E-state index is 13.4. The molecule has 0 heterocycles. The number of benzene rings is 1. The van der Waals surface area contributed by atoms with Crippen molar-refractivity contribution in [3.8, 4) is 0 Å². The van der Waals surface area contributed by atoms with Crippen molar-refractivity contribution in [2.45, 2.75) is 5.51 Å². The van der Waals surface area contributed by atoms with Crippen LogP contribution >= 0.6 is 0 Å². The number of carbonyl (C=O) groups is 1. The van der Waals surface area contributed by atoms with Crippen molar-refractivity contribution in [1.82, 2.24) is 4.48 Å². The van der Waals surface area contributed by atoms with Crippen LogP contribution in [0.1, 0.15) is 10.4 Å². The van der Waals surface area contributed by atoms with Gasteiger partial charge in [0.2, 0.25) is 5.69 Å². The largest absolute Gasteiger partial charge is 0.741 e. The van der Waals surface area contributed by atoms with E-state index in [4.69, 9.17) is 18.1 Å². The minimum absolute atomic E-state index is 0.0441. The summed E-state index contributed by atoms with van der Waals surface area (Å²) < 4.78 is 85.8. The van der Waals surface area contributed by atoms with E-state index in [-0.39, 0.29) is 15.7 Å². The molecule has 23 heavy (non-hydrogen) atoms. The summed E-state index contributed by atoms with van der Waals surface area (Å²) in [4.78, 5) is 10.5. The molecule has 0 saturated heterocycles. The minimum atomic E-state index is -6.09. The summed E-state index contributed by atoms with van der Waals surface area (Å²) >= 11 is 0. The molecular formula is C11H12F5NO5S. The number of hydrogen-bond acceptors (Lipinski definition) is 4. The van der Waals surface area contributed by atoms with Crippen molar-refractivity contribution >= 4 is 21.8 Å². The van der Waals surface area contributed by atoms with Crippen LogP contribution in [0.25, 0.3) is 0 Å². The van der Waals surface area contributed by atoms with E-state index in [2.05, 4.69) is 0 Å². The van der Waals surface area contributed by atoms with Gasteiger partial charge in [-0.1, -0.05) is 0 Å². The molecule has 0 spiro atoms. The topological polar surface area (TPSA) is 94.5 Å². The van der Waals surface area contributed by atoms with Gasteiger partial charge in [0.25, 0.3) is 0 Å². The SMILES string of the molecule is C[N+](C)(C)c1c(F)cc(C(=O)O)cc1F.O=S(=O)([O-])C(F)(F)F. The Hall–Kier alpha value is -1.79. The maximum atomic E-state index is 13.4. The van der Waals surface area contributed by atoms with Gasteiger partial charge in [-0.2, -0.15) is 13.2 Å². The van der Waals surface area contributed by atoms with Gasteiger partial charge < -0.3 is 9.66 Å². The second-order valence-corrected chi connectivity index (χ2v) is 6.38. The fourth-order valence-electron chi connectivity index (χ4n) is 1.33. The quantitative estimate of drug-likeness (QED) is 0.374. The van der Waals surface area contributed by atoms with E-state index in [1.165, 1.54) is 0 Å². The highest BCUT2D eigenvalue weighted by molar-refractivity contribution is 7.86. The van der Waals surface area contributed by atoms with Crippen molar-refractivity contribution < 1.29 is 44.8 Å². The lowest BCUT2D eigenvalue weighted by Gasteiger charge is -2.24. The molecule has 1 rings (SSSR count). The molecule has 0 amide bonds. The predicted octanol–water partition coefficient (Wildman–Crippen LogP) is 1.91. The first kappa shape index (κ1) is 21.2. The third-order valence-corrected chi connectivity index (χ3v) is 2.79. The Morgan fingerprint density at radius 2 is 1.43 bits per heavy atom. The summed E-state index contributed by atoms with van der Waals surface area (Å²) in [6.45, 7) is 0. The van der Waals surface area contributed by atoms with Gasteiger partial charge in [-0.3, -0.25) is 4.48 Å². The molecule has 0 aliphatic heterocycles. The van der Waals surface area contributed by atoms with Crippen molar-refractivity contribution in [2.75, 3.05) is 21.1 Å². The van der Waals surface area contributed by atoms with Crippen LogP contribution in [0, 0.1) is 11.6 Å². The summed E-state index contributed by atoms with van der Waals surface area (Å²) in [5.41, 5.74) is -6.19. The molecule has 0 fully saturated rings. The summed E-state index contributed by atoms with van der Waals surface area (Å²) in [6, 6.07) is 1.65. The van der Waals surface area contributed by atoms with E-state index >= 15 is 0 Å². The van der Waals surface area contributed by atoms with Crippen LogP contribution < -0.4 is 4.48 Å². The average Bonchev–Trinajstić information content (AvgIpc) is 2.23. The summed E-state index contributed by atoms with van der Waals surface area (Å²) in [7, 11) is -1.29. The molecule has 12 heteroatoms. The maximum Gasteiger partial charge on any atom is 0.485 e. The average molecular weight is 365 g/mol. The molecule has 0 aromatic heterocycles. The standard InChI is InChI=1S/C10H11F2NO2.CHF3O3S/c1-13(2,3)9-7(11)4-6(10(14)15)5-8(9)12;2-1(3,4)8(5,6)7/h4-5H,1-3H3;(H,5,6,7). The Balaban J connectivity index is 0.000000515. The van der Waals surface area contributed by atoms with Crippen LogP contribution in [-0.2, 0) is 10.1 Å². The molecule has 1 N–H and O–H groups in total. The van der Waals surface area contributed by atoms with Crippen LogP contribution in [0.15, 0.2) is 12.1 Å². The van der Waals surface area contributed by atoms with Crippen molar-refractivity contribution in [3.05, 3.63) is 29.3 Å². The highest BCUT2D eigenvalue weighted by Gasteiger charge is 2.36. The van der Waals surface area contributed by atoms with Crippen LogP contribution in [-0.4, -0.2) is 50.7 Å². The van der Waals surface area contributed by atoms with E-state index < -0.39 is 33.2 Å². The van der Waals surface area contributed by atoms with Crippen LogP contribution in [0.3, 0.4) is 0 Å². The Kier molecular flexibility index (Phi) is 6.24. The van der Waals surface area contributed by atoms with Gasteiger partial charge >= 0.3 is 11.5 Å². The van der Waals surface area contributed by atoms with Crippen molar-refractivity contribution in [2.24, 2.45) is 0 Å². The normalized spacial score (nSPS) is 12.4. The highest BCUT2D eigenvalue weighted by Crippen LogP contribution is 2.26. The van der Waals surface area contributed by atoms with Crippen LogP contribution in [0.5, 0.6) is 0 Å². The van der Waals surface area contributed by atoms with Crippen molar-refractivity contribution in [1.29, 1.82) is 0 Å². The number of aromatic carboxylic acids is 1. The zero-order valence-electron chi connectivity index (χ0n) is 12.0. The van der Waals surface area contributed by atoms with Gasteiger partial charge in [-0.15, -0.1) is 0 Å². The van der Waals surface area contributed by atoms with Crippen LogP contribution in [0.2, 0.25) is 0 Å². The Morgan fingerprint density at radius 1 is 1.13 bits per heavy atom. The van der Waals surface area contributed by atoms with Gasteiger partial charge in [-0.25, -0.2) is 22.0 Å². The second kappa shape index (κ2) is 6.76. The third kappa shape index (κ3) is 6.08. The molecule has 0 unspecified atom stereocenters. The number of carboxylic acids is 1. The molecule has 0 radical (unpaired) electrons. The summed E-state index contributed by atoms with van der Waals surface area (Å²) in [6.07, 6.45) is 0. The second-order valence-electron chi connectivity index (χ2n) is 5.01. The Morgan fingerprint density at radius 3 is 1.61 bits per heavy atom. The molecule has 0 bridgehead atoms. The summed E-state index contributed by atoms with van der Waals surface area (Å²) in [5.74, 6) is -3.04. The molecule has 0 aliphatic rings. The third-order valence-electron chi connectivity index (χ3n) is 2.22. The number of rotatable bonds is 2. The van der Waals surface area contributed by atoms with Gasteiger partial charge in [0.1, 0.15) is 0 Å². The first-order chi connectivity index (χ1) is 9.98. The van der Waals surface area contributed by atoms with Gasteiger partial charge in [-0.05, 0) is 12.1 Å². The van der Waals surface area contributed by atoms with Gasteiger partial charge in [0.05, 0.1) is 26.7 Å². The molecule has 1 aromatic carbocycles. The predicted molar refractivity (Wildman–Crippen MR) is 68.6 cm³/mol. The summed E-state index contributed by atoms with van der Waals surface area (Å²) in [5, 5.41) is 8.59. The Labute approximate surface area is 128 Å². The molecule has 6 nitrogen and oxygen atoms in total. The van der Waals surface area contributed by atoms with E-state index in [1.807, 2.05) is 0 Å². The number of quaternary nitrogens is 1. The zero-order chi connectivity index (χ0) is 18.8. The number of nitrogens with zero attached hydrogens (tertiary/aromatic N) is 1. The fourth-order valence-corrected chi connectivity index (χ4v) is 1.33. The molecule has 0 aliphatic carbocycles. The van der Waals surface area contributed by atoms with E-state index in [9.17, 15) is 26.7 Å². The number of carboxylic acid groups (broad SMARTS) is 1. The first-order valence-corrected chi connectivity index (χ1v) is 6.95. The zero-order valence-corrected chi connectivity index (χ0v) is 12.8. The highest BCUT2D eigenvalue weighted by atomic mass is 32.2. The van der Waals surface area contributed by atoms with Gasteiger partial charge in [0.15, 0.2) is 21.8 Å². The van der Waals surface area contributed by atoms with Crippen LogP contribution in [0.4, 0.5) is 27.6 Å². The Bertz CT molecular complexity index is 671. The molecule has 132 valence electrons. The smallest absolute Gasteiger partial charge is 0.485 e. The molecule has 0 atom stereocenters. The van der Waals surface area contributed by atoms with E-state index in [1.54, 1.807) is 21.1 Å². The fraction of sp³-hybridized carbons (Fsp3) is 0.364. The first-order valence-electron chi connectivity index (χ1n) is 5.55. The number of alkyl halides is 3. The number of hydrogen-bond donors (Lipinski definition) is 1. The lowest BCUT2D eigenvalue weighted by Crippen LogP contribution is -2.36. The van der Waals surface area contributed by atoms with Gasteiger partial charge in [0, 0.05) is 0 Å².